The maximum Gasteiger partial charge on any atom is 0.255 e. The van der Waals surface area contributed by atoms with Crippen molar-refractivity contribution in [1.29, 1.82) is 0 Å². The van der Waals surface area contributed by atoms with Crippen LogP contribution >= 0.6 is 0 Å². The summed E-state index contributed by atoms with van der Waals surface area (Å²) in [5, 5.41) is 2.96. The quantitative estimate of drug-likeness (QED) is 0.946. The standard InChI is InChI=1S/C18H20N2O2/c1-14-5-7-15(8-6-14)18(21)19-16-3-2-4-17(13-16)20-9-11-22-12-10-20/h2-8,13H,9-12H2,1H3,(H,19,21). The highest BCUT2D eigenvalue weighted by molar-refractivity contribution is 6.04. The van der Waals surface area contributed by atoms with Gasteiger partial charge in [-0.15, -0.1) is 0 Å². The SMILES string of the molecule is Cc1ccc(C(=O)Nc2cccc(N3CCOCC3)c2)cc1. The van der Waals surface area contributed by atoms with Crippen molar-refractivity contribution in [3.05, 3.63) is 59.7 Å². The van der Waals surface area contributed by atoms with Crippen molar-refractivity contribution >= 4 is 17.3 Å². The molecule has 2 aromatic carbocycles. The van der Waals surface area contributed by atoms with Crippen molar-refractivity contribution in [2.45, 2.75) is 6.92 Å². The Hall–Kier alpha value is -2.33. The molecule has 0 aliphatic carbocycles. The van der Waals surface area contributed by atoms with E-state index in [1.807, 2.05) is 49.4 Å². The number of benzene rings is 2. The first kappa shape index (κ1) is 14.6. The number of carbonyl (C=O) groups excluding carboxylic acids is 1. The van der Waals surface area contributed by atoms with Crippen LogP contribution < -0.4 is 10.2 Å². The lowest BCUT2D eigenvalue weighted by atomic mass is 10.1. The third-order valence-electron chi connectivity index (χ3n) is 3.79. The fourth-order valence-corrected chi connectivity index (χ4v) is 2.51. The number of rotatable bonds is 3. The molecule has 1 N–H and O–H groups in total. The van der Waals surface area contributed by atoms with Gasteiger partial charge in [-0.25, -0.2) is 0 Å². The van der Waals surface area contributed by atoms with E-state index in [1.54, 1.807) is 0 Å². The largest absolute Gasteiger partial charge is 0.378 e. The highest BCUT2D eigenvalue weighted by atomic mass is 16.5. The minimum Gasteiger partial charge on any atom is -0.378 e. The van der Waals surface area contributed by atoms with Crippen LogP contribution in [0.15, 0.2) is 48.5 Å². The smallest absolute Gasteiger partial charge is 0.255 e. The van der Waals surface area contributed by atoms with E-state index in [4.69, 9.17) is 4.74 Å². The number of carbonyl (C=O) groups is 1. The predicted molar refractivity (Wildman–Crippen MR) is 88.6 cm³/mol. The summed E-state index contributed by atoms with van der Waals surface area (Å²) in [6.07, 6.45) is 0. The molecule has 1 aliphatic rings. The van der Waals surface area contributed by atoms with Crippen LogP contribution in [-0.2, 0) is 4.74 Å². The van der Waals surface area contributed by atoms with Crippen LogP contribution in [0.25, 0.3) is 0 Å². The number of ether oxygens (including phenoxy) is 1. The van der Waals surface area contributed by atoms with Gasteiger partial charge in [-0.3, -0.25) is 4.79 Å². The lowest BCUT2D eigenvalue weighted by Crippen LogP contribution is -2.36. The number of nitrogens with zero attached hydrogens (tertiary/aromatic N) is 1. The molecule has 1 amide bonds. The maximum atomic E-state index is 12.3. The molecule has 0 spiro atoms. The van der Waals surface area contributed by atoms with E-state index < -0.39 is 0 Å². The molecule has 4 heteroatoms. The number of aryl methyl sites for hydroxylation is 1. The molecule has 114 valence electrons. The van der Waals surface area contributed by atoms with Crippen molar-refractivity contribution in [3.63, 3.8) is 0 Å². The Labute approximate surface area is 130 Å². The normalized spacial score (nSPS) is 14.7. The van der Waals surface area contributed by atoms with Crippen LogP contribution in [0.5, 0.6) is 0 Å². The molecule has 0 bridgehead atoms. The molecule has 1 fully saturated rings. The van der Waals surface area contributed by atoms with E-state index in [1.165, 1.54) is 0 Å². The van der Waals surface area contributed by atoms with Crippen molar-refractivity contribution in [1.82, 2.24) is 0 Å². The number of amides is 1. The van der Waals surface area contributed by atoms with Gasteiger partial charge in [0.2, 0.25) is 0 Å². The van der Waals surface area contributed by atoms with Gasteiger partial charge in [0, 0.05) is 30.0 Å². The Morgan fingerprint density at radius 3 is 2.55 bits per heavy atom. The van der Waals surface area contributed by atoms with Crippen LogP contribution in [0.4, 0.5) is 11.4 Å². The van der Waals surface area contributed by atoms with E-state index in [0.717, 1.165) is 43.2 Å². The summed E-state index contributed by atoms with van der Waals surface area (Å²) in [7, 11) is 0. The molecule has 3 rings (SSSR count). The number of anilines is 2. The van der Waals surface area contributed by atoms with E-state index >= 15 is 0 Å². The second-order valence-electron chi connectivity index (χ2n) is 5.47. The highest BCUT2D eigenvalue weighted by Crippen LogP contribution is 2.21. The molecule has 1 heterocycles. The van der Waals surface area contributed by atoms with Crippen LogP contribution in [0.2, 0.25) is 0 Å². The summed E-state index contributed by atoms with van der Waals surface area (Å²) in [6, 6.07) is 15.5. The highest BCUT2D eigenvalue weighted by Gasteiger charge is 2.12. The third-order valence-corrected chi connectivity index (χ3v) is 3.79. The van der Waals surface area contributed by atoms with E-state index in [9.17, 15) is 4.79 Å². The Morgan fingerprint density at radius 1 is 1.09 bits per heavy atom. The van der Waals surface area contributed by atoms with Gasteiger partial charge in [-0.2, -0.15) is 0 Å². The molecule has 22 heavy (non-hydrogen) atoms. The zero-order chi connectivity index (χ0) is 15.4. The molecule has 0 atom stereocenters. The predicted octanol–water partition coefficient (Wildman–Crippen LogP) is 3.08. The van der Waals surface area contributed by atoms with E-state index in [0.29, 0.717) is 5.56 Å². The van der Waals surface area contributed by atoms with Crippen molar-refractivity contribution in [3.8, 4) is 0 Å². The second kappa shape index (κ2) is 6.62. The Kier molecular flexibility index (Phi) is 4.39. The molecule has 2 aromatic rings. The number of hydrogen-bond acceptors (Lipinski definition) is 3. The fourth-order valence-electron chi connectivity index (χ4n) is 2.51. The molecule has 4 nitrogen and oxygen atoms in total. The fraction of sp³-hybridized carbons (Fsp3) is 0.278. The Bertz CT molecular complexity index is 646. The summed E-state index contributed by atoms with van der Waals surface area (Å²) in [6.45, 7) is 5.28. The van der Waals surface area contributed by atoms with Gasteiger partial charge in [0.1, 0.15) is 0 Å². The van der Waals surface area contributed by atoms with Crippen LogP contribution in [0, 0.1) is 6.92 Å². The van der Waals surface area contributed by atoms with Gasteiger partial charge >= 0.3 is 0 Å². The third kappa shape index (κ3) is 3.46. The molecule has 0 unspecified atom stereocenters. The van der Waals surface area contributed by atoms with E-state index in [2.05, 4.69) is 16.3 Å². The van der Waals surface area contributed by atoms with Crippen LogP contribution in [0.1, 0.15) is 15.9 Å². The maximum absolute atomic E-state index is 12.3. The average Bonchev–Trinajstić information content (AvgIpc) is 2.56. The first-order valence-electron chi connectivity index (χ1n) is 7.53. The zero-order valence-electron chi connectivity index (χ0n) is 12.7. The molecule has 0 aromatic heterocycles. The number of nitrogens with one attached hydrogen (secondary N) is 1. The van der Waals surface area contributed by atoms with Gasteiger partial charge < -0.3 is 15.0 Å². The van der Waals surface area contributed by atoms with Gasteiger partial charge in [0.05, 0.1) is 13.2 Å². The lowest BCUT2D eigenvalue weighted by Gasteiger charge is -2.29. The average molecular weight is 296 g/mol. The van der Waals surface area contributed by atoms with Gasteiger partial charge in [-0.1, -0.05) is 23.8 Å². The summed E-state index contributed by atoms with van der Waals surface area (Å²) < 4.78 is 5.37. The first-order valence-corrected chi connectivity index (χ1v) is 7.53. The van der Waals surface area contributed by atoms with Crippen molar-refractivity contribution in [2.75, 3.05) is 36.5 Å². The van der Waals surface area contributed by atoms with Crippen LogP contribution in [-0.4, -0.2) is 32.2 Å². The molecule has 0 radical (unpaired) electrons. The molecule has 1 saturated heterocycles. The summed E-state index contributed by atoms with van der Waals surface area (Å²) in [5.74, 6) is -0.0841. The minimum absolute atomic E-state index is 0.0841. The topological polar surface area (TPSA) is 41.6 Å². The van der Waals surface area contributed by atoms with Gasteiger partial charge in [-0.05, 0) is 37.3 Å². The number of hydrogen-bond donors (Lipinski definition) is 1. The summed E-state index contributed by atoms with van der Waals surface area (Å²) in [4.78, 5) is 14.5. The molecular formula is C18H20N2O2. The van der Waals surface area contributed by atoms with E-state index in [-0.39, 0.29) is 5.91 Å². The van der Waals surface area contributed by atoms with Crippen LogP contribution in [0.3, 0.4) is 0 Å². The summed E-state index contributed by atoms with van der Waals surface area (Å²) in [5.41, 5.74) is 3.74. The zero-order valence-corrected chi connectivity index (χ0v) is 12.7. The summed E-state index contributed by atoms with van der Waals surface area (Å²) >= 11 is 0. The Morgan fingerprint density at radius 2 is 1.82 bits per heavy atom. The van der Waals surface area contributed by atoms with Crippen molar-refractivity contribution < 1.29 is 9.53 Å². The van der Waals surface area contributed by atoms with Gasteiger partial charge in [0.25, 0.3) is 5.91 Å². The Balaban J connectivity index is 1.72. The van der Waals surface area contributed by atoms with Gasteiger partial charge in [0.15, 0.2) is 0 Å². The van der Waals surface area contributed by atoms with Crippen molar-refractivity contribution in [2.24, 2.45) is 0 Å². The lowest BCUT2D eigenvalue weighted by molar-refractivity contribution is 0.102. The molecular weight excluding hydrogens is 276 g/mol. The second-order valence-corrected chi connectivity index (χ2v) is 5.47. The number of morpholine rings is 1. The molecule has 1 aliphatic heterocycles. The first-order chi connectivity index (χ1) is 10.7. The molecule has 0 saturated carbocycles. The monoisotopic (exact) mass is 296 g/mol. The minimum atomic E-state index is -0.0841.